The van der Waals surface area contributed by atoms with E-state index in [4.69, 9.17) is 22.5 Å². The molecule has 0 saturated heterocycles. The lowest BCUT2D eigenvalue weighted by atomic mass is 9.88. The third-order valence-corrected chi connectivity index (χ3v) is 6.65. The fraction of sp³-hybridized carbons (Fsp3) is 0.120. The van der Waals surface area contributed by atoms with Gasteiger partial charge in [-0.3, -0.25) is 9.93 Å². The summed E-state index contributed by atoms with van der Waals surface area (Å²) in [5.41, 5.74) is 13.1. The molecule has 1 aliphatic rings. The Kier molecular flexibility index (Phi) is 5.85. The second-order valence-corrected chi connectivity index (χ2v) is 9.06. The molecule has 5 N–H and O–H groups in total. The van der Waals surface area contributed by atoms with Crippen molar-refractivity contribution < 1.29 is 4.79 Å². The predicted molar refractivity (Wildman–Crippen MR) is 134 cm³/mol. The summed E-state index contributed by atoms with van der Waals surface area (Å²) in [6, 6.07) is 21.9. The molecule has 0 unspecified atom stereocenters. The Bertz CT molecular complexity index is 1330. The molecule has 1 heterocycles. The highest BCUT2D eigenvalue weighted by atomic mass is 35.5. The lowest BCUT2D eigenvalue weighted by Gasteiger charge is -2.20. The third kappa shape index (κ3) is 4.23. The van der Waals surface area contributed by atoms with Crippen LogP contribution in [0.15, 0.2) is 71.6 Å². The topological polar surface area (TPSA) is 99.0 Å². The van der Waals surface area contributed by atoms with E-state index in [0.717, 1.165) is 56.5 Å². The van der Waals surface area contributed by atoms with Crippen LogP contribution in [0.3, 0.4) is 0 Å². The molecule has 3 aromatic carbocycles. The maximum atomic E-state index is 12.2. The minimum Gasteiger partial charge on any atom is -0.381 e. The van der Waals surface area contributed by atoms with E-state index in [1.54, 1.807) is 0 Å². The van der Waals surface area contributed by atoms with Gasteiger partial charge in [0.25, 0.3) is 5.91 Å². The first-order valence-corrected chi connectivity index (χ1v) is 11.8. The highest BCUT2D eigenvalue weighted by Gasteiger charge is 2.28. The van der Waals surface area contributed by atoms with Gasteiger partial charge in [0.05, 0.1) is 11.4 Å². The van der Waals surface area contributed by atoms with Gasteiger partial charge in [-0.25, -0.2) is 4.68 Å². The number of benzene rings is 3. The summed E-state index contributed by atoms with van der Waals surface area (Å²) >= 11 is 7.18. The minimum atomic E-state index is -0.514. The molecule has 1 aromatic heterocycles. The molecule has 0 bridgehead atoms. The second-order valence-electron chi connectivity index (χ2n) is 7.92. The molecule has 0 saturated carbocycles. The highest BCUT2D eigenvalue weighted by molar-refractivity contribution is 7.97. The smallest absolute Gasteiger partial charge is 0.269 e. The molecule has 4 aromatic rings. The van der Waals surface area contributed by atoms with Crippen molar-refractivity contribution in [2.24, 2.45) is 10.9 Å². The van der Waals surface area contributed by atoms with Crippen molar-refractivity contribution in [1.29, 1.82) is 0 Å². The van der Waals surface area contributed by atoms with Gasteiger partial charge < -0.3 is 11.1 Å². The molecule has 1 amide bonds. The molecule has 0 fully saturated rings. The molecule has 0 aliphatic heterocycles. The maximum absolute atomic E-state index is 12.2. The maximum Gasteiger partial charge on any atom is 0.269 e. The molecule has 6 nitrogen and oxygen atoms in total. The molecular formula is C25H22ClN5OS. The zero-order chi connectivity index (χ0) is 22.9. The molecule has 33 heavy (non-hydrogen) atoms. The number of nitrogens with two attached hydrogens (primary N) is 2. The van der Waals surface area contributed by atoms with Gasteiger partial charge in [0.1, 0.15) is 0 Å². The van der Waals surface area contributed by atoms with Gasteiger partial charge >= 0.3 is 0 Å². The van der Waals surface area contributed by atoms with Crippen LogP contribution in [0.25, 0.3) is 16.9 Å². The van der Waals surface area contributed by atoms with Crippen molar-refractivity contribution in [2.45, 2.75) is 24.3 Å². The number of aryl methyl sites for hydroxylation is 1. The summed E-state index contributed by atoms with van der Waals surface area (Å²) in [5.74, 6) is -0.514. The average Bonchev–Trinajstić information content (AvgIpc) is 3.24. The van der Waals surface area contributed by atoms with Gasteiger partial charge in [0, 0.05) is 33.3 Å². The highest BCUT2D eigenvalue weighted by Crippen LogP contribution is 2.38. The lowest BCUT2D eigenvalue weighted by Crippen LogP contribution is -2.15. The first-order chi connectivity index (χ1) is 16.0. The van der Waals surface area contributed by atoms with Crippen LogP contribution in [-0.4, -0.2) is 15.7 Å². The van der Waals surface area contributed by atoms with E-state index in [1.807, 2.05) is 53.2 Å². The molecule has 0 spiro atoms. The second kappa shape index (κ2) is 8.94. The van der Waals surface area contributed by atoms with Gasteiger partial charge in [-0.05, 0) is 84.4 Å². The summed E-state index contributed by atoms with van der Waals surface area (Å²) in [5, 5.41) is 14.5. The Labute approximate surface area is 201 Å². The zero-order valence-corrected chi connectivity index (χ0v) is 19.3. The molecule has 8 heteroatoms. The average molecular weight is 476 g/mol. The standard InChI is InChI=1S/C25H22ClN5OS/c26-17-5-1-15(2-6-17)14-29-18-7-3-16-4-12-21-23(25(27)32)30-31(24(21)22(16)13-18)19-8-10-20(33-28)11-9-19/h1-3,5-11,13,29H,4,12,14,28H2,(H2,27,32). The summed E-state index contributed by atoms with van der Waals surface area (Å²) in [6.45, 7) is 0.673. The van der Waals surface area contributed by atoms with Crippen LogP contribution in [-0.2, 0) is 19.4 Å². The predicted octanol–water partition coefficient (Wildman–Crippen LogP) is 4.97. The van der Waals surface area contributed by atoms with Crippen molar-refractivity contribution >= 4 is 35.1 Å². The number of hydrogen-bond donors (Lipinski definition) is 3. The summed E-state index contributed by atoms with van der Waals surface area (Å²) in [7, 11) is 0. The molecule has 5 rings (SSSR count). The number of halogens is 1. The van der Waals surface area contributed by atoms with Gasteiger partial charge in [-0.15, -0.1) is 0 Å². The molecule has 0 atom stereocenters. The largest absolute Gasteiger partial charge is 0.381 e. The number of carbonyl (C=O) groups excluding carboxylic acids is 1. The van der Waals surface area contributed by atoms with E-state index in [9.17, 15) is 4.79 Å². The van der Waals surface area contributed by atoms with Crippen molar-refractivity contribution in [3.63, 3.8) is 0 Å². The van der Waals surface area contributed by atoms with Crippen LogP contribution >= 0.6 is 23.5 Å². The number of nitrogens with zero attached hydrogens (tertiary/aromatic N) is 2. The molecular weight excluding hydrogens is 454 g/mol. The van der Waals surface area contributed by atoms with Gasteiger partial charge in [-0.2, -0.15) is 5.10 Å². The van der Waals surface area contributed by atoms with E-state index in [1.165, 1.54) is 17.5 Å². The van der Waals surface area contributed by atoms with Crippen LogP contribution in [0, 0.1) is 0 Å². The number of nitrogens with one attached hydrogen (secondary N) is 1. The Morgan fingerprint density at radius 2 is 1.82 bits per heavy atom. The Morgan fingerprint density at radius 3 is 2.52 bits per heavy atom. The Morgan fingerprint density at radius 1 is 1.06 bits per heavy atom. The quantitative estimate of drug-likeness (QED) is 0.342. The lowest BCUT2D eigenvalue weighted by molar-refractivity contribution is 0.0994. The van der Waals surface area contributed by atoms with Crippen molar-refractivity contribution in [3.8, 4) is 16.9 Å². The number of primary amides is 1. The fourth-order valence-electron chi connectivity index (χ4n) is 4.21. The Balaban J connectivity index is 1.55. The summed E-state index contributed by atoms with van der Waals surface area (Å²) in [4.78, 5) is 13.1. The van der Waals surface area contributed by atoms with Crippen LogP contribution in [0.1, 0.15) is 27.2 Å². The number of anilines is 1. The van der Waals surface area contributed by atoms with E-state index >= 15 is 0 Å². The van der Waals surface area contributed by atoms with E-state index in [-0.39, 0.29) is 0 Å². The van der Waals surface area contributed by atoms with Crippen molar-refractivity contribution in [3.05, 3.63) is 94.1 Å². The van der Waals surface area contributed by atoms with E-state index in [2.05, 4.69) is 28.6 Å². The normalized spacial score (nSPS) is 12.2. The van der Waals surface area contributed by atoms with Crippen molar-refractivity contribution in [2.75, 3.05) is 5.32 Å². The van der Waals surface area contributed by atoms with Crippen LogP contribution in [0.5, 0.6) is 0 Å². The van der Waals surface area contributed by atoms with Crippen molar-refractivity contribution in [1.82, 2.24) is 9.78 Å². The number of carbonyl (C=O) groups is 1. The summed E-state index contributed by atoms with van der Waals surface area (Å²) < 4.78 is 1.82. The van der Waals surface area contributed by atoms with E-state index in [0.29, 0.717) is 12.2 Å². The minimum absolute atomic E-state index is 0.326. The number of amides is 1. The molecule has 0 radical (unpaired) electrons. The number of fused-ring (bicyclic) bond motifs is 3. The number of aromatic nitrogens is 2. The van der Waals surface area contributed by atoms with E-state index < -0.39 is 5.91 Å². The monoisotopic (exact) mass is 475 g/mol. The Hall–Kier alpha value is -3.26. The van der Waals surface area contributed by atoms with Crippen LogP contribution in [0.4, 0.5) is 5.69 Å². The zero-order valence-electron chi connectivity index (χ0n) is 17.7. The first kappa shape index (κ1) is 21.6. The fourth-order valence-corrected chi connectivity index (χ4v) is 4.62. The van der Waals surface area contributed by atoms with Crippen LogP contribution in [0.2, 0.25) is 5.02 Å². The number of rotatable bonds is 6. The van der Waals surface area contributed by atoms with Gasteiger partial charge in [0.15, 0.2) is 5.69 Å². The molecule has 1 aliphatic carbocycles. The third-order valence-electron chi connectivity index (χ3n) is 5.85. The van der Waals surface area contributed by atoms with Gasteiger partial charge in [-0.1, -0.05) is 29.8 Å². The molecule has 166 valence electrons. The van der Waals surface area contributed by atoms with Gasteiger partial charge in [0.2, 0.25) is 0 Å². The number of hydrogen-bond acceptors (Lipinski definition) is 5. The SMILES string of the molecule is NSc1ccc(-n2nc(C(N)=O)c3c2-c2cc(NCc4ccc(Cl)cc4)ccc2CC3)cc1. The van der Waals surface area contributed by atoms with Crippen LogP contribution < -0.4 is 16.2 Å². The first-order valence-electron chi connectivity index (χ1n) is 10.5. The summed E-state index contributed by atoms with van der Waals surface area (Å²) in [6.07, 6.45) is 1.55.